The van der Waals surface area contributed by atoms with Gasteiger partial charge in [0.1, 0.15) is 0 Å². The van der Waals surface area contributed by atoms with Crippen LogP contribution in [0.5, 0.6) is 0 Å². The molecule has 2 aromatic rings. The fourth-order valence-corrected chi connectivity index (χ4v) is 3.86. The SMILES string of the molecule is COCCN1C(=O)S/C(=C/c2cc(C)n(Cc3ccccc3)c2C)C1=O. The van der Waals surface area contributed by atoms with E-state index in [1.165, 1.54) is 10.5 Å². The van der Waals surface area contributed by atoms with Crippen molar-refractivity contribution in [3.63, 3.8) is 0 Å². The molecular weight excluding hydrogens is 348 g/mol. The smallest absolute Gasteiger partial charge is 0.293 e. The van der Waals surface area contributed by atoms with E-state index < -0.39 is 0 Å². The van der Waals surface area contributed by atoms with Gasteiger partial charge in [-0.05, 0) is 48.9 Å². The summed E-state index contributed by atoms with van der Waals surface area (Å²) in [4.78, 5) is 26.2. The number of benzene rings is 1. The van der Waals surface area contributed by atoms with Crippen LogP contribution in [0, 0.1) is 13.8 Å². The van der Waals surface area contributed by atoms with E-state index in [0.29, 0.717) is 11.5 Å². The molecule has 3 rings (SSSR count). The van der Waals surface area contributed by atoms with Gasteiger partial charge in [-0.25, -0.2) is 0 Å². The van der Waals surface area contributed by atoms with Gasteiger partial charge in [0.2, 0.25) is 0 Å². The molecule has 0 bridgehead atoms. The van der Waals surface area contributed by atoms with Crippen molar-refractivity contribution in [2.24, 2.45) is 0 Å². The Bertz CT molecular complexity index is 855. The monoisotopic (exact) mass is 370 g/mol. The summed E-state index contributed by atoms with van der Waals surface area (Å²) in [5.74, 6) is -0.245. The van der Waals surface area contributed by atoms with Gasteiger partial charge in [0.15, 0.2) is 0 Å². The number of hydrogen-bond acceptors (Lipinski definition) is 4. The zero-order chi connectivity index (χ0) is 18.7. The number of amides is 2. The summed E-state index contributed by atoms with van der Waals surface area (Å²) in [6, 6.07) is 12.3. The van der Waals surface area contributed by atoms with Gasteiger partial charge in [0, 0.05) is 25.0 Å². The van der Waals surface area contributed by atoms with E-state index >= 15 is 0 Å². The fraction of sp³-hybridized carbons (Fsp3) is 0.300. The van der Waals surface area contributed by atoms with Gasteiger partial charge in [-0.3, -0.25) is 14.5 Å². The molecule has 26 heavy (non-hydrogen) atoms. The second kappa shape index (κ2) is 7.93. The minimum atomic E-state index is -0.245. The minimum Gasteiger partial charge on any atom is -0.383 e. The molecule has 1 aliphatic rings. The van der Waals surface area contributed by atoms with E-state index in [2.05, 4.69) is 29.7 Å². The average Bonchev–Trinajstić information content (AvgIpc) is 3.04. The van der Waals surface area contributed by atoms with Gasteiger partial charge in [-0.2, -0.15) is 0 Å². The largest absolute Gasteiger partial charge is 0.383 e. The Morgan fingerprint density at radius 3 is 2.58 bits per heavy atom. The van der Waals surface area contributed by atoms with E-state index in [1.54, 1.807) is 7.11 Å². The topological polar surface area (TPSA) is 51.5 Å². The summed E-state index contributed by atoms with van der Waals surface area (Å²) < 4.78 is 7.19. The third-order valence-electron chi connectivity index (χ3n) is 4.48. The standard InChI is InChI=1S/C20H22N2O3S/c1-14-11-17(15(2)22(14)13-16-7-5-4-6-8-16)12-18-19(23)21(9-10-25-3)20(24)26-18/h4-8,11-12H,9-10,13H2,1-3H3/b18-12+. The van der Waals surface area contributed by atoms with Crippen molar-refractivity contribution in [3.05, 3.63) is 63.8 Å². The molecule has 1 aromatic carbocycles. The maximum absolute atomic E-state index is 12.5. The molecule has 1 aliphatic heterocycles. The minimum absolute atomic E-state index is 0.239. The number of hydrogen-bond donors (Lipinski definition) is 0. The molecule has 0 N–H and O–H groups in total. The van der Waals surface area contributed by atoms with Crippen molar-refractivity contribution >= 4 is 29.0 Å². The number of carbonyl (C=O) groups is 2. The number of aryl methyl sites for hydroxylation is 1. The van der Waals surface area contributed by atoms with E-state index in [9.17, 15) is 9.59 Å². The van der Waals surface area contributed by atoms with Crippen LogP contribution in [-0.4, -0.2) is 40.9 Å². The molecule has 1 saturated heterocycles. The molecule has 1 fully saturated rings. The Hall–Kier alpha value is -2.31. The highest BCUT2D eigenvalue weighted by molar-refractivity contribution is 8.18. The summed E-state index contributed by atoms with van der Waals surface area (Å²) in [6.07, 6.45) is 1.82. The Labute approximate surface area is 157 Å². The lowest BCUT2D eigenvalue weighted by atomic mass is 10.2. The molecule has 0 aliphatic carbocycles. The van der Waals surface area contributed by atoms with Crippen molar-refractivity contribution in [2.45, 2.75) is 20.4 Å². The van der Waals surface area contributed by atoms with Crippen LogP contribution in [-0.2, 0) is 16.1 Å². The van der Waals surface area contributed by atoms with Gasteiger partial charge in [-0.15, -0.1) is 0 Å². The highest BCUT2D eigenvalue weighted by Gasteiger charge is 2.34. The normalized spacial score (nSPS) is 16.1. The number of thioether (sulfide) groups is 1. The fourth-order valence-electron chi connectivity index (χ4n) is 3.00. The first-order chi connectivity index (χ1) is 12.5. The molecule has 2 amide bonds. The molecule has 6 heteroatoms. The van der Waals surface area contributed by atoms with Crippen LogP contribution in [0.3, 0.4) is 0 Å². The third-order valence-corrected chi connectivity index (χ3v) is 5.38. The number of methoxy groups -OCH3 is 1. The van der Waals surface area contributed by atoms with Crippen molar-refractivity contribution in [1.82, 2.24) is 9.47 Å². The maximum atomic E-state index is 12.5. The molecule has 0 unspecified atom stereocenters. The van der Waals surface area contributed by atoms with Crippen LogP contribution >= 0.6 is 11.8 Å². The Morgan fingerprint density at radius 2 is 1.88 bits per heavy atom. The van der Waals surface area contributed by atoms with Crippen molar-refractivity contribution in [1.29, 1.82) is 0 Å². The lowest BCUT2D eigenvalue weighted by molar-refractivity contribution is -0.123. The van der Waals surface area contributed by atoms with Gasteiger partial charge < -0.3 is 9.30 Å². The summed E-state index contributed by atoms with van der Waals surface area (Å²) in [7, 11) is 1.55. The predicted molar refractivity (Wildman–Crippen MR) is 104 cm³/mol. The van der Waals surface area contributed by atoms with Gasteiger partial charge in [-0.1, -0.05) is 30.3 Å². The first-order valence-corrected chi connectivity index (χ1v) is 9.28. The van der Waals surface area contributed by atoms with Gasteiger partial charge in [0.05, 0.1) is 18.1 Å². The number of nitrogens with zero attached hydrogens (tertiary/aromatic N) is 2. The summed E-state index contributed by atoms with van der Waals surface area (Å²) in [5.41, 5.74) is 4.39. The number of aromatic nitrogens is 1. The Kier molecular flexibility index (Phi) is 5.64. The molecule has 0 atom stereocenters. The molecule has 2 heterocycles. The van der Waals surface area contributed by atoms with Crippen LogP contribution in [0.15, 0.2) is 41.3 Å². The number of rotatable bonds is 6. The van der Waals surface area contributed by atoms with Crippen molar-refractivity contribution in [3.8, 4) is 0 Å². The molecule has 0 saturated carbocycles. The maximum Gasteiger partial charge on any atom is 0.293 e. The second-order valence-corrected chi connectivity index (χ2v) is 7.22. The number of imide groups is 1. The first-order valence-electron chi connectivity index (χ1n) is 8.46. The molecule has 0 spiro atoms. The predicted octanol–water partition coefficient (Wildman–Crippen LogP) is 3.84. The van der Waals surface area contributed by atoms with E-state index in [4.69, 9.17) is 4.74 Å². The quantitative estimate of drug-likeness (QED) is 0.725. The van der Waals surface area contributed by atoms with Gasteiger partial charge >= 0.3 is 0 Å². The zero-order valence-electron chi connectivity index (χ0n) is 15.2. The lowest BCUT2D eigenvalue weighted by Gasteiger charge is -2.11. The van der Waals surface area contributed by atoms with E-state index in [1.807, 2.05) is 31.2 Å². The third kappa shape index (κ3) is 3.76. The van der Waals surface area contributed by atoms with Crippen LogP contribution in [0.1, 0.15) is 22.5 Å². The highest BCUT2D eigenvalue weighted by Crippen LogP contribution is 2.33. The van der Waals surface area contributed by atoms with Crippen molar-refractivity contribution in [2.75, 3.05) is 20.3 Å². The highest BCUT2D eigenvalue weighted by atomic mass is 32.2. The second-order valence-electron chi connectivity index (χ2n) is 6.22. The van der Waals surface area contributed by atoms with E-state index in [-0.39, 0.29) is 17.7 Å². The average molecular weight is 370 g/mol. The molecule has 5 nitrogen and oxygen atoms in total. The van der Waals surface area contributed by atoms with E-state index in [0.717, 1.165) is 35.3 Å². The zero-order valence-corrected chi connectivity index (χ0v) is 16.0. The van der Waals surface area contributed by atoms with Crippen LogP contribution in [0.2, 0.25) is 0 Å². The summed E-state index contributed by atoms with van der Waals surface area (Å²) >= 11 is 0.989. The number of ether oxygens (including phenoxy) is 1. The number of carbonyl (C=O) groups excluding carboxylic acids is 2. The molecule has 0 radical (unpaired) electrons. The Balaban J connectivity index is 1.84. The summed E-state index contributed by atoms with van der Waals surface area (Å²) in [5, 5.41) is -0.239. The van der Waals surface area contributed by atoms with Crippen molar-refractivity contribution < 1.29 is 14.3 Å². The molecule has 1 aromatic heterocycles. The van der Waals surface area contributed by atoms with Gasteiger partial charge in [0.25, 0.3) is 11.1 Å². The first kappa shape index (κ1) is 18.5. The lowest BCUT2D eigenvalue weighted by Crippen LogP contribution is -2.31. The molecule has 136 valence electrons. The van der Waals surface area contributed by atoms with Crippen LogP contribution in [0.25, 0.3) is 6.08 Å². The molecular formula is C20H22N2O3S. The Morgan fingerprint density at radius 1 is 1.15 bits per heavy atom. The van der Waals surface area contributed by atoms with Crippen LogP contribution < -0.4 is 0 Å². The van der Waals surface area contributed by atoms with Crippen LogP contribution in [0.4, 0.5) is 4.79 Å². The summed E-state index contributed by atoms with van der Waals surface area (Å²) in [6.45, 7) is 5.50.